The van der Waals surface area contributed by atoms with Crippen LogP contribution in [0.3, 0.4) is 0 Å². The lowest BCUT2D eigenvalue weighted by Crippen LogP contribution is -1.99. The number of rotatable bonds is 11. The van der Waals surface area contributed by atoms with E-state index in [1.54, 1.807) is 6.08 Å². The number of unbranched alkanes of at least 4 members (excludes halogenated alkanes) is 4. The number of carboxylic acids is 1. The Bertz CT molecular complexity index is 434. The van der Waals surface area contributed by atoms with Crippen LogP contribution in [0.25, 0.3) is 0 Å². The van der Waals surface area contributed by atoms with Gasteiger partial charge in [0.05, 0.1) is 6.10 Å². The highest BCUT2D eigenvalue weighted by molar-refractivity contribution is 5.99. The van der Waals surface area contributed by atoms with E-state index >= 15 is 0 Å². The average Bonchev–Trinajstić information content (AvgIpc) is 2.84. The molecule has 0 aromatic rings. The highest BCUT2D eigenvalue weighted by Gasteiger charge is 2.20. The molecule has 0 radical (unpaired) electrons. The summed E-state index contributed by atoms with van der Waals surface area (Å²) in [6, 6.07) is 0. The van der Waals surface area contributed by atoms with Crippen molar-refractivity contribution in [3.63, 3.8) is 0 Å². The number of aliphatic hydroxyl groups is 1. The highest BCUT2D eigenvalue weighted by Crippen LogP contribution is 2.28. The second-order valence-electron chi connectivity index (χ2n) is 5.92. The first kappa shape index (κ1) is 18.6. The van der Waals surface area contributed by atoms with E-state index in [1.807, 2.05) is 13.0 Å². The highest BCUT2D eigenvalue weighted by atomic mass is 16.4. The van der Waals surface area contributed by atoms with Crippen LogP contribution in [0.2, 0.25) is 0 Å². The minimum Gasteiger partial charge on any atom is -0.481 e. The minimum absolute atomic E-state index is 0.247. The number of carbonyl (C=O) groups is 2. The molecule has 0 saturated carbocycles. The van der Waals surface area contributed by atoms with Gasteiger partial charge in [-0.25, -0.2) is 0 Å². The average molecular weight is 308 g/mol. The molecule has 0 amide bonds. The largest absolute Gasteiger partial charge is 0.481 e. The molecule has 0 unspecified atom stereocenters. The first-order valence-electron chi connectivity index (χ1n) is 8.37. The Morgan fingerprint density at radius 1 is 1.18 bits per heavy atom. The second kappa shape index (κ2) is 10.3. The Morgan fingerprint density at radius 3 is 2.55 bits per heavy atom. The summed E-state index contributed by atoms with van der Waals surface area (Å²) in [5, 5.41) is 18.1. The number of aliphatic hydroxyl groups excluding tert-OH is 1. The van der Waals surface area contributed by atoms with Crippen molar-refractivity contribution >= 4 is 11.8 Å². The van der Waals surface area contributed by atoms with Gasteiger partial charge in [-0.1, -0.05) is 38.3 Å². The molecule has 1 aliphatic carbocycles. The Morgan fingerprint density at radius 2 is 1.86 bits per heavy atom. The molecular formula is C18H28O4. The van der Waals surface area contributed by atoms with Gasteiger partial charge >= 0.3 is 5.97 Å². The van der Waals surface area contributed by atoms with Crippen LogP contribution in [0.4, 0.5) is 0 Å². The molecular weight excluding hydrogens is 280 g/mol. The zero-order valence-corrected chi connectivity index (χ0v) is 13.5. The third-order valence-corrected chi connectivity index (χ3v) is 4.10. The predicted octanol–water partition coefficient (Wildman–Crippen LogP) is 3.79. The molecule has 0 fully saturated rings. The van der Waals surface area contributed by atoms with E-state index < -0.39 is 12.1 Å². The van der Waals surface area contributed by atoms with Crippen molar-refractivity contribution in [1.82, 2.24) is 0 Å². The van der Waals surface area contributed by atoms with Gasteiger partial charge in [-0.15, -0.1) is 0 Å². The van der Waals surface area contributed by atoms with E-state index in [0.29, 0.717) is 12.8 Å². The van der Waals surface area contributed by atoms with Crippen molar-refractivity contribution in [2.75, 3.05) is 0 Å². The summed E-state index contributed by atoms with van der Waals surface area (Å²) < 4.78 is 0. The second-order valence-corrected chi connectivity index (χ2v) is 5.92. The summed E-state index contributed by atoms with van der Waals surface area (Å²) in [4.78, 5) is 22.3. The molecule has 0 bridgehead atoms. The van der Waals surface area contributed by atoms with Gasteiger partial charge in [-0.3, -0.25) is 9.59 Å². The third kappa shape index (κ3) is 7.03. The molecule has 124 valence electrons. The van der Waals surface area contributed by atoms with E-state index in [1.165, 1.54) is 0 Å². The van der Waals surface area contributed by atoms with Crippen LogP contribution in [0.5, 0.6) is 0 Å². The number of aliphatic carboxylic acids is 1. The van der Waals surface area contributed by atoms with Crippen LogP contribution < -0.4 is 0 Å². The van der Waals surface area contributed by atoms with Gasteiger partial charge in [0.15, 0.2) is 5.78 Å². The number of allylic oxidation sites excluding steroid dienone is 3. The maximum Gasteiger partial charge on any atom is 0.303 e. The van der Waals surface area contributed by atoms with Crippen LogP contribution in [0.15, 0.2) is 23.3 Å². The molecule has 4 heteroatoms. The fourth-order valence-corrected chi connectivity index (χ4v) is 2.68. The molecule has 0 saturated heterocycles. The first-order valence-corrected chi connectivity index (χ1v) is 8.37. The molecule has 1 atom stereocenters. The molecule has 0 aromatic heterocycles. The quantitative estimate of drug-likeness (QED) is 0.569. The molecule has 22 heavy (non-hydrogen) atoms. The number of hydrogen-bond donors (Lipinski definition) is 2. The summed E-state index contributed by atoms with van der Waals surface area (Å²) >= 11 is 0. The zero-order valence-electron chi connectivity index (χ0n) is 13.5. The first-order chi connectivity index (χ1) is 10.5. The fraction of sp³-hybridized carbons (Fsp3) is 0.667. The number of ketones is 1. The van der Waals surface area contributed by atoms with Crippen molar-refractivity contribution in [3.8, 4) is 0 Å². The predicted molar refractivity (Wildman–Crippen MR) is 86.7 cm³/mol. The lowest BCUT2D eigenvalue weighted by atomic mass is 10.0. The number of carboxylic acid groups (broad SMARTS) is 1. The summed E-state index contributed by atoms with van der Waals surface area (Å²) in [6.07, 6.45) is 11.1. The van der Waals surface area contributed by atoms with Crippen molar-refractivity contribution in [2.24, 2.45) is 0 Å². The SMILES string of the molecule is CC[C@@H](O)/C=C/C1=C(CCCCCCCC(=O)O)C(=O)CC1. The number of carbonyl (C=O) groups excluding carboxylic acids is 1. The van der Waals surface area contributed by atoms with Crippen LogP contribution in [-0.4, -0.2) is 28.1 Å². The van der Waals surface area contributed by atoms with Crippen molar-refractivity contribution < 1.29 is 19.8 Å². The Hall–Kier alpha value is -1.42. The molecule has 0 spiro atoms. The number of Topliss-reactive ketones (excluding diaryl/α,β-unsaturated/α-hetero) is 1. The van der Waals surface area contributed by atoms with Gasteiger partial charge in [0.2, 0.25) is 0 Å². The summed E-state index contributed by atoms with van der Waals surface area (Å²) in [5.74, 6) is -0.482. The lowest BCUT2D eigenvalue weighted by molar-refractivity contribution is -0.137. The zero-order chi connectivity index (χ0) is 16.4. The maximum atomic E-state index is 11.9. The smallest absolute Gasteiger partial charge is 0.303 e. The van der Waals surface area contributed by atoms with Crippen molar-refractivity contribution in [2.45, 2.75) is 77.2 Å². The van der Waals surface area contributed by atoms with Crippen LogP contribution in [0.1, 0.15) is 71.1 Å². The van der Waals surface area contributed by atoms with Gasteiger partial charge in [-0.2, -0.15) is 0 Å². The lowest BCUT2D eigenvalue weighted by Gasteiger charge is -2.05. The Balaban J connectivity index is 2.33. The minimum atomic E-state index is -0.729. The molecule has 4 nitrogen and oxygen atoms in total. The monoisotopic (exact) mass is 308 g/mol. The number of hydrogen-bond acceptors (Lipinski definition) is 3. The van der Waals surface area contributed by atoms with Gasteiger partial charge in [-0.05, 0) is 43.3 Å². The molecule has 2 N–H and O–H groups in total. The summed E-state index contributed by atoms with van der Waals surface area (Å²) in [5.41, 5.74) is 2.02. The van der Waals surface area contributed by atoms with E-state index in [-0.39, 0.29) is 12.2 Å². The molecule has 0 aromatic carbocycles. The van der Waals surface area contributed by atoms with Crippen LogP contribution in [-0.2, 0) is 9.59 Å². The maximum absolute atomic E-state index is 11.9. The Kier molecular flexibility index (Phi) is 8.75. The van der Waals surface area contributed by atoms with Crippen LogP contribution in [0, 0.1) is 0 Å². The third-order valence-electron chi connectivity index (χ3n) is 4.10. The van der Waals surface area contributed by atoms with Gasteiger partial charge in [0.25, 0.3) is 0 Å². The van der Waals surface area contributed by atoms with Gasteiger partial charge < -0.3 is 10.2 Å². The molecule has 0 heterocycles. The normalized spacial score (nSPS) is 16.7. The molecule has 0 aliphatic heterocycles. The fourth-order valence-electron chi connectivity index (χ4n) is 2.68. The van der Waals surface area contributed by atoms with Crippen LogP contribution >= 0.6 is 0 Å². The van der Waals surface area contributed by atoms with E-state index in [9.17, 15) is 14.7 Å². The van der Waals surface area contributed by atoms with Crippen molar-refractivity contribution in [3.05, 3.63) is 23.3 Å². The summed E-state index contributed by atoms with van der Waals surface area (Å²) in [7, 11) is 0. The molecule has 1 rings (SSSR count). The Labute approximate surface area is 132 Å². The van der Waals surface area contributed by atoms with E-state index in [0.717, 1.165) is 56.1 Å². The van der Waals surface area contributed by atoms with Gasteiger partial charge in [0, 0.05) is 12.8 Å². The van der Waals surface area contributed by atoms with E-state index in [2.05, 4.69) is 0 Å². The topological polar surface area (TPSA) is 74.6 Å². The van der Waals surface area contributed by atoms with Gasteiger partial charge in [0.1, 0.15) is 0 Å². The van der Waals surface area contributed by atoms with Crippen molar-refractivity contribution in [1.29, 1.82) is 0 Å². The van der Waals surface area contributed by atoms with E-state index in [4.69, 9.17) is 5.11 Å². The standard InChI is InChI=1S/C18H28O4/c1-2-15(19)12-10-14-11-13-17(20)16(14)8-6-4-3-5-7-9-18(21)22/h10,12,15,19H,2-9,11,13H2,1H3,(H,21,22)/b12-10+/t15-/m1/s1. The molecule has 1 aliphatic rings. The summed E-state index contributed by atoms with van der Waals surface area (Å²) in [6.45, 7) is 1.93.